The molecule has 5 heteroatoms. The molecule has 0 saturated heterocycles. The highest BCUT2D eigenvalue weighted by molar-refractivity contribution is 6.30. The molecule has 0 fully saturated rings. The molecule has 0 spiro atoms. The van der Waals surface area contributed by atoms with Crippen LogP contribution in [0.4, 0.5) is 13.2 Å². The van der Waals surface area contributed by atoms with Gasteiger partial charge in [-0.2, -0.15) is 13.2 Å². The number of hydrogen-bond donors (Lipinski definition) is 1. The molecular weight excluding hydrogens is 289 g/mol. The van der Waals surface area contributed by atoms with Crippen molar-refractivity contribution in [2.75, 3.05) is 0 Å². The summed E-state index contributed by atoms with van der Waals surface area (Å²) in [6.07, 6.45) is -4.84. The summed E-state index contributed by atoms with van der Waals surface area (Å²) in [6, 6.07) is 10.6. The van der Waals surface area contributed by atoms with Gasteiger partial charge in [0, 0.05) is 5.02 Å². The SMILES string of the molecule is Cc1ccc(C(O)(c2ccc(Cl)cc2)C(F)(F)F)cc1. The first kappa shape index (κ1) is 14.9. The predicted octanol–water partition coefficient (Wildman–Crippen LogP) is 4.45. The van der Waals surface area contributed by atoms with E-state index in [4.69, 9.17) is 11.6 Å². The van der Waals surface area contributed by atoms with Crippen LogP contribution in [0, 0.1) is 6.92 Å². The molecule has 1 atom stereocenters. The summed E-state index contributed by atoms with van der Waals surface area (Å²) < 4.78 is 40.2. The Morgan fingerprint density at radius 3 is 1.65 bits per heavy atom. The minimum Gasteiger partial charge on any atom is -0.372 e. The summed E-state index contributed by atoms with van der Waals surface area (Å²) in [5.74, 6) is 0. The van der Waals surface area contributed by atoms with Crippen molar-refractivity contribution in [2.24, 2.45) is 0 Å². The van der Waals surface area contributed by atoms with Crippen LogP contribution in [0.15, 0.2) is 48.5 Å². The summed E-state index contributed by atoms with van der Waals surface area (Å²) in [6.45, 7) is 1.76. The Hall–Kier alpha value is -1.52. The molecule has 0 radical (unpaired) electrons. The molecule has 106 valence electrons. The molecular formula is C15H12ClF3O. The average molecular weight is 301 g/mol. The van der Waals surface area contributed by atoms with E-state index in [0.717, 1.165) is 5.56 Å². The Morgan fingerprint density at radius 2 is 1.25 bits per heavy atom. The van der Waals surface area contributed by atoms with Crippen molar-refractivity contribution in [2.45, 2.75) is 18.7 Å². The highest BCUT2D eigenvalue weighted by Gasteiger charge is 2.56. The van der Waals surface area contributed by atoms with E-state index < -0.39 is 11.8 Å². The summed E-state index contributed by atoms with van der Waals surface area (Å²) >= 11 is 5.68. The standard InChI is InChI=1S/C15H12ClF3O/c1-10-2-4-11(5-3-10)14(20,15(17,18)19)12-6-8-13(16)9-7-12/h2-9,20H,1H3. The molecule has 0 bridgehead atoms. The third-order valence-electron chi connectivity index (χ3n) is 3.14. The topological polar surface area (TPSA) is 20.2 Å². The molecule has 1 N–H and O–H groups in total. The van der Waals surface area contributed by atoms with E-state index in [1.165, 1.54) is 48.5 Å². The zero-order valence-corrected chi connectivity index (χ0v) is 11.3. The second kappa shape index (κ2) is 5.11. The van der Waals surface area contributed by atoms with Crippen molar-refractivity contribution in [1.82, 2.24) is 0 Å². The van der Waals surface area contributed by atoms with E-state index in [1.807, 2.05) is 0 Å². The van der Waals surface area contributed by atoms with Gasteiger partial charge in [-0.15, -0.1) is 0 Å². The third kappa shape index (κ3) is 2.53. The van der Waals surface area contributed by atoms with Gasteiger partial charge in [-0.1, -0.05) is 53.6 Å². The largest absolute Gasteiger partial charge is 0.425 e. The van der Waals surface area contributed by atoms with Crippen molar-refractivity contribution < 1.29 is 18.3 Å². The van der Waals surface area contributed by atoms with Gasteiger partial charge < -0.3 is 5.11 Å². The Labute approximate surface area is 119 Å². The van der Waals surface area contributed by atoms with Gasteiger partial charge in [0.15, 0.2) is 0 Å². The molecule has 2 aromatic rings. The highest BCUT2D eigenvalue weighted by atomic mass is 35.5. The zero-order valence-electron chi connectivity index (χ0n) is 10.6. The minimum absolute atomic E-state index is 0.224. The second-order valence-corrected chi connectivity index (χ2v) is 5.02. The van der Waals surface area contributed by atoms with E-state index in [9.17, 15) is 18.3 Å². The van der Waals surface area contributed by atoms with Gasteiger partial charge in [0.2, 0.25) is 5.60 Å². The van der Waals surface area contributed by atoms with Crippen molar-refractivity contribution in [3.63, 3.8) is 0 Å². The maximum atomic E-state index is 13.4. The lowest BCUT2D eigenvalue weighted by molar-refractivity contribution is -0.248. The van der Waals surface area contributed by atoms with E-state index >= 15 is 0 Å². The Kier molecular flexibility index (Phi) is 3.80. The summed E-state index contributed by atoms with van der Waals surface area (Å²) in [5, 5.41) is 10.6. The van der Waals surface area contributed by atoms with Crippen LogP contribution in [0.3, 0.4) is 0 Å². The summed E-state index contributed by atoms with van der Waals surface area (Å²) in [5.41, 5.74) is -2.73. The number of aryl methyl sites for hydroxylation is 1. The Bertz CT molecular complexity index is 543. The molecule has 1 nitrogen and oxygen atoms in total. The van der Waals surface area contributed by atoms with E-state index in [2.05, 4.69) is 0 Å². The quantitative estimate of drug-likeness (QED) is 0.869. The Morgan fingerprint density at radius 1 is 0.850 bits per heavy atom. The van der Waals surface area contributed by atoms with Crippen LogP contribution in [-0.4, -0.2) is 11.3 Å². The molecule has 2 rings (SSSR count). The van der Waals surface area contributed by atoms with Crippen LogP contribution in [0.5, 0.6) is 0 Å². The van der Waals surface area contributed by atoms with Gasteiger partial charge in [-0.3, -0.25) is 0 Å². The van der Waals surface area contributed by atoms with Gasteiger partial charge in [0.1, 0.15) is 0 Å². The van der Waals surface area contributed by atoms with Crippen molar-refractivity contribution in [1.29, 1.82) is 0 Å². The molecule has 1 unspecified atom stereocenters. The molecule has 2 aromatic carbocycles. The number of aliphatic hydroxyl groups is 1. The summed E-state index contributed by atoms with van der Waals surface area (Å²) in [4.78, 5) is 0. The van der Waals surface area contributed by atoms with Crippen molar-refractivity contribution >= 4 is 11.6 Å². The fourth-order valence-corrected chi connectivity index (χ4v) is 2.11. The molecule has 0 heterocycles. The lowest BCUT2D eigenvalue weighted by atomic mass is 9.85. The molecule has 0 aliphatic heterocycles. The van der Waals surface area contributed by atoms with Gasteiger partial charge in [-0.05, 0) is 30.2 Å². The lowest BCUT2D eigenvalue weighted by Gasteiger charge is -2.31. The molecule has 0 saturated carbocycles. The maximum absolute atomic E-state index is 13.4. The molecule has 20 heavy (non-hydrogen) atoms. The maximum Gasteiger partial charge on any atom is 0.425 e. The zero-order chi connectivity index (χ0) is 15.0. The number of alkyl halides is 3. The van der Waals surface area contributed by atoms with Crippen LogP contribution in [0.1, 0.15) is 16.7 Å². The highest BCUT2D eigenvalue weighted by Crippen LogP contribution is 2.44. The number of halogens is 4. The van der Waals surface area contributed by atoms with Crippen LogP contribution in [-0.2, 0) is 5.60 Å². The fraction of sp³-hybridized carbons (Fsp3) is 0.200. The monoisotopic (exact) mass is 300 g/mol. The lowest BCUT2D eigenvalue weighted by Crippen LogP contribution is -2.43. The van der Waals surface area contributed by atoms with Gasteiger partial charge in [-0.25, -0.2) is 0 Å². The second-order valence-electron chi connectivity index (χ2n) is 4.58. The summed E-state index contributed by atoms with van der Waals surface area (Å²) in [7, 11) is 0. The average Bonchev–Trinajstić information content (AvgIpc) is 2.38. The first-order chi connectivity index (χ1) is 9.25. The molecule has 0 aliphatic rings. The van der Waals surface area contributed by atoms with Crippen LogP contribution >= 0.6 is 11.6 Å². The molecule has 0 amide bonds. The van der Waals surface area contributed by atoms with E-state index in [-0.39, 0.29) is 11.1 Å². The van der Waals surface area contributed by atoms with Gasteiger partial charge >= 0.3 is 6.18 Å². The number of hydrogen-bond acceptors (Lipinski definition) is 1. The Balaban J connectivity index is 2.62. The van der Waals surface area contributed by atoms with E-state index in [1.54, 1.807) is 6.92 Å². The van der Waals surface area contributed by atoms with E-state index in [0.29, 0.717) is 5.02 Å². The minimum atomic E-state index is -4.84. The number of benzene rings is 2. The molecule has 0 aliphatic carbocycles. The fourth-order valence-electron chi connectivity index (χ4n) is 1.98. The van der Waals surface area contributed by atoms with Crippen LogP contribution in [0.2, 0.25) is 5.02 Å². The molecule has 0 aromatic heterocycles. The van der Waals surface area contributed by atoms with Crippen molar-refractivity contribution in [3.8, 4) is 0 Å². The normalized spacial score (nSPS) is 14.9. The first-order valence-corrected chi connectivity index (χ1v) is 6.25. The third-order valence-corrected chi connectivity index (χ3v) is 3.39. The van der Waals surface area contributed by atoms with Gasteiger partial charge in [0.25, 0.3) is 0 Å². The predicted molar refractivity (Wildman–Crippen MR) is 71.7 cm³/mol. The van der Waals surface area contributed by atoms with Crippen LogP contribution in [0.25, 0.3) is 0 Å². The van der Waals surface area contributed by atoms with Crippen LogP contribution < -0.4 is 0 Å². The van der Waals surface area contributed by atoms with Gasteiger partial charge in [0.05, 0.1) is 0 Å². The van der Waals surface area contributed by atoms with Crippen molar-refractivity contribution in [3.05, 3.63) is 70.2 Å². The number of rotatable bonds is 2. The smallest absolute Gasteiger partial charge is 0.372 e. The first-order valence-electron chi connectivity index (χ1n) is 5.87.